The highest BCUT2D eigenvalue weighted by Crippen LogP contribution is 2.24. The molecule has 0 bridgehead atoms. The van der Waals surface area contributed by atoms with Gasteiger partial charge in [-0.1, -0.05) is 38.1 Å². The first kappa shape index (κ1) is 27.1. The molecule has 9 nitrogen and oxygen atoms in total. The number of nitrogens with zero attached hydrogens (tertiary/aromatic N) is 3. The Labute approximate surface area is 229 Å². The number of imidazole rings is 1. The Bertz CT molecular complexity index is 1240. The maximum atomic E-state index is 13.0. The fraction of sp³-hybridized carbons (Fsp3) is 0.500. The predicted octanol–water partition coefficient (Wildman–Crippen LogP) is 4.97. The molecule has 3 aromatic rings. The molecule has 5 rings (SSSR count). The van der Waals surface area contributed by atoms with Gasteiger partial charge in [0.1, 0.15) is 17.1 Å². The molecule has 2 N–H and O–H groups in total. The van der Waals surface area contributed by atoms with E-state index in [4.69, 9.17) is 9.57 Å². The van der Waals surface area contributed by atoms with Crippen LogP contribution >= 0.6 is 0 Å². The number of hydrogen-bond acceptors (Lipinski definition) is 7. The van der Waals surface area contributed by atoms with E-state index in [2.05, 4.69) is 34.0 Å². The number of likely N-dealkylation sites (tertiary alicyclic amines) is 1. The van der Waals surface area contributed by atoms with Crippen molar-refractivity contribution in [2.75, 3.05) is 39.3 Å². The molecule has 2 saturated heterocycles. The lowest BCUT2D eigenvalue weighted by molar-refractivity contribution is -0.133. The highest BCUT2D eigenvalue weighted by atomic mass is 16.8. The molecule has 3 heterocycles. The van der Waals surface area contributed by atoms with Gasteiger partial charge in [0.2, 0.25) is 0 Å². The van der Waals surface area contributed by atoms with Crippen LogP contribution < -0.4 is 10.1 Å². The molecule has 0 atom stereocenters. The van der Waals surface area contributed by atoms with Crippen LogP contribution in [0, 0.1) is 11.8 Å². The molecule has 0 saturated carbocycles. The first-order valence-electron chi connectivity index (χ1n) is 14.1. The van der Waals surface area contributed by atoms with Crippen molar-refractivity contribution in [3.05, 3.63) is 59.9 Å². The summed E-state index contributed by atoms with van der Waals surface area (Å²) in [6.45, 7) is 9.48. The van der Waals surface area contributed by atoms with Crippen LogP contribution in [-0.4, -0.2) is 71.3 Å². The number of rotatable bonds is 8. The lowest BCUT2D eigenvalue weighted by Gasteiger charge is -2.37. The van der Waals surface area contributed by atoms with Crippen molar-refractivity contribution in [2.45, 2.75) is 45.4 Å². The quantitative estimate of drug-likeness (QED) is 0.311. The average Bonchev–Trinajstić information content (AvgIpc) is 3.39. The third-order valence-corrected chi connectivity index (χ3v) is 7.82. The number of carbonyl (C=O) groups is 2. The summed E-state index contributed by atoms with van der Waals surface area (Å²) in [6.07, 6.45) is 3.46. The van der Waals surface area contributed by atoms with Crippen molar-refractivity contribution in [1.82, 2.24) is 25.2 Å². The van der Waals surface area contributed by atoms with Crippen molar-refractivity contribution < 1.29 is 19.2 Å². The van der Waals surface area contributed by atoms with Crippen LogP contribution in [0.25, 0.3) is 11.0 Å². The number of amides is 1. The van der Waals surface area contributed by atoms with Gasteiger partial charge >= 0.3 is 6.16 Å². The van der Waals surface area contributed by atoms with Crippen LogP contribution in [0.1, 0.15) is 61.6 Å². The minimum atomic E-state index is -0.685. The highest BCUT2D eigenvalue weighted by Gasteiger charge is 2.27. The molecule has 0 radical (unpaired) electrons. The lowest BCUT2D eigenvalue weighted by Crippen LogP contribution is -2.43. The van der Waals surface area contributed by atoms with Gasteiger partial charge in [0.15, 0.2) is 0 Å². The summed E-state index contributed by atoms with van der Waals surface area (Å²) >= 11 is 0. The van der Waals surface area contributed by atoms with Crippen LogP contribution in [0.3, 0.4) is 0 Å². The van der Waals surface area contributed by atoms with E-state index in [0.717, 1.165) is 75.3 Å². The molecule has 0 aliphatic carbocycles. The van der Waals surface area contributed by atoms with E-state index < -0.39 is 6.16 Å². The van der Waals surface area contributed by atoms with Crippen molar-refractivity contribution in [2.24, 2.45) is 11.8 Å². The monoisotopic (exact) mass is 533 g/mol. The number of nitrogens with one attached hydrogen (secondary N) is 2. The number of aromatic amines is 1. The van der Waals surface area contributed by atoms with Crippen LogP contribution in [0.15, 0.2) is 48.5 Å². The Kier molecular flexibility index (Phi) is 8.78. The topological polar surface area (TPSA) is 99.8 Å². The molecule has 39 heavy (non-hydrogen) atoms. The molecule has 2 fully saturated rings. The van der Waals surface area contributed by atoms with Crippen LogP contribution in [0.2, 0.25) is 0 Å². The second-order valence-electron chi connectivity index (χ2n) is 11.1. The maximum absolute atomic E-state index is 13.0. The highest BCUT2D eigenvalue weighted by molar-refractivity contribution is 6.04. The second-order valence-corrected chi connectivity index (χ2v) is 11.1. The summed E-state index contributed by atoms with van der Waals surface area (Å²) < 4.78 is 5.22. The minimum absolute atomic E-state index is 0.0496. The summed E-state index contributed by atoms with van der Waals surface area (Å²) in [5.41, 5.74) is 2.29. The van der Waals surface area contributed by atoms with E-state index in [-0.39, 0.29) is 11.8 Å². The van der Waals surface area contributed by atoms with Gasteiger partial charge in [-0.2, -0.15) is 0 Å². The third-order valence-electron chi connectivity index (χ3n) is 7.82. The van der Waals surface area contributed by atoms with Gasteiger partial charge in [-0.3, -0.25) is 4.79 Å². The predicted molar refractivity (Wildman–Crippen MR) is 150 cm³/mol. The second kappa shape index (κ2) is 12.6. The molecule has 0 spiro atoms. The minimum Gasteiger partial charge on any atom is -0.394 e. The molecule has 1 amide bonds. The molecule has 1 aromatic heterocycles. The molecule has 0 unspecified atom stereocenters. The molecule has 2 aromatic carbocycles. The van der Waals surface area contributed by atoms with Gasteiger partial charge in [-0.25, -0.2) is 9.78 Å². The van der Waals surface area contributed by atoms with E-state index in [1.165, 1.54) is 0 Å². The SMILES string of the molecule is CC(C)c1nc2c(C(=O)NCC3CCN(CC4CCN(OC(=O)Oc5ccccc5)CC4)CC3)cccc2[nH]1. The summed E-state index contributed by atoms with van der Waals surface area (Å²) in [5, 5.41) is 4.87. The van der Waals surface area contributed by atoms with Crippen LogP contribution in [0.5, 0.6) is 5.75 Å². The number of piperidine rings is 2. The van der Waals surface area contributed by atoms with E-state index in [1.54, 1.807) is 17.2 Å². The zero-order chi connectivity index (χ0) is 27.2. The number of hydrogen-bond donors (Lipinski definition) is 2. The van der Waals surface area contributed by atoms with E-state index in [0.29, 0.717) is 29.7 Å². The number of ether oxygens (including phenoxy) is 1. The maximum Gasteiger partial charge on any atom is 0.533 e. The normalized spacial score (nSPS) is 17.9. The lowest BCUT2D eigenvalue weighted by atomic mass is 9.93. The van der Waals surface area contributed by atoms with E-state index in [9.17, 15) is 9.59 Å². The Balaban J connectivity index is 1.00. The van der Waals surface area contributed by atoms with Gasteiger partial charge in [-0.15, -0.1) is 5.06 Å². The Morgan fingerprint density at radius 1 is 0.974 bits per heavy atom. The number of benzene rings is 2. The molecule has 9 heteroatoms. The number of carbonyl (C=O) groups excluding carboxylic acids is 2. The average molecular weight is 534 g/mol. The van der Waals surface area contributed by atoms with Crippen molar-refractivity contribution in [1.29, 1.82) is 0 Å². The number of hydroxylamine groups is 2. The largest absolute Gasteiger partial charge is 0.533 e. The van der Waals surface area contributed by atoms with Crippen LogP contribution in [-0.2, 0) is 4.84 Å². The standard InChI is InChI=1S/C30H39N5O4/c1-21(2)28-32-26-10-6-9-25(27(26)33-28)29(36)31-19-22-11-15-34(16-12-22)20-23-13-17-35(18-14-23)39-30(37)38-24-7-4-3-5-8-24/h3-10,21-23H,11-20H2,1-2H3,(H,31,36)(H,32,33). The van der Waals surface area contributed by atoms with Gasteiger partial charge in [0, 0.05) is 32.1 Å². The van der Waals surface area contributed by atoms with Crippen molar-refractivity contribution in [3.8, 4) is 5.75 Å². The fourth-order valence-electron chi connectivity index (χ4n) is 5.47. The van der Waals surface area contributed by atoms with Crippen molar-refractivity contribution in [3.63, 3.8) is 0 Å². The zero-order valence-electron chi connectivity index (χ0n) is 22.9. The smallest absolute Gasteiger partial charge is 0.394 e. The fourth-order valence-corrected chi connectivity index (χ4v) is 5.47. The summed E-state index contributed by atoms with van der Waals surface area (Å²) in [7, 11) is 0. The van der Waals surface area contributed by atoms with E-state index >= 15 is 0 Å². The number of H-pyrrole nitrogens is 1. The molecular weight excluding hydrogens is 494 g/mol. The number of aromatic nitrogens is 2. The number of para-hydroxylation sites is 2. The zero-order valence-corrected chi connectivity index (χ0v) is 22.9. The Morgan fingerprint density at radius 3 is 2.41 bits per heavy atom. The summed E-state index contributed by atoms with van der Waals surface area (Å²) in [5.74, 6) is 2.70. The van der Waals surface area contributed by atoms with Gasteiger partial charge in [0.25, 0.3) is 5.91 Å². The number of fused-ring (bicyclic) bond motifs is 1. The first-order valence-corrected chi connectivity index (χ1v) is 14.1. The molecule has 2 aliphatic heterocycles. The van der Waals surface area contributed by atoms with E-state index in [1.807, 2.05) is 36.4 Å². The Morgan fingerprint density at radius 2 is 1.69 bits per heavy atom. The summed E-state index contributed by atoms with van der Waals surface area (Å²) in [6, 6.07) is 14.7. The molecule has 208 valence electrons. The van der Waals surface area contributed by atoms with Crippen molar-refractivity contribution >= 4 is 23.1 Å². The summed E-state index contributed by atoms with van der Waals surface area (Å²) in [4.78, 5) is 40.9. The molecular formula is C30H39N5O4. The third kappa shape index (κ3) is 7.16. The van der Waals surface area contributed by atoms with Gasteiger partial charge in [0.05, 0.1) is 11.1 Å². The van der Waals surface area contributed by atoms with Gasteiger partial charge in [-0.05, 0) is 74.9 Å². The molecule has 2 aliphatic rings. The van der Waals surface area contributed by atoms with Crippen LogP contribution in [0.4, 0.5) is 4.79 Å². The Hall–Kier alpha value is -3.43. The first-order chi connectivity index (χ1) is 18.9. The van der Waals surface area contributed by atoms with Gasteiger partial charge < -0.3 is 24.8 Å².